The summed E-state index contributed by atoms with van der Waals surface area (Å²) in [5.74, 6) is 0. The van der Waals surface area contributed by atoms with Crippen LogP contribution in [-0.2, 0) is 19.1 Å². The van der Waals surface area contributed by atoms with Crippen LogP contribution in [0.4, 0.5) is 13.2 Å². The number of aryl methyl sites for hydroxylation is 1. The first-order valence-corrected chi connectivity index (χ1v) is 4.81. The average molecular weight is 238 g/mol. The number of nitrogens with zero attached hydrogens (tertiary/aromatic N) is 2. The molecule has 2 N–H and O–H groups in total. The third-order valence-corrected chi connectivity index (χ3v) is 2.10. The number of alkyl halides is 3. The van der Waals surface area contributed by atoms with Crippen LogP contribution >= 0.6 is 0 Å². The van der Waals surface area contributed by atoms with E-state index in [0.29, 0.717) is 0 Å². The number of hydrogen-bond acceptors (Lipinski definition) is 3. The molecule has 1 atom stereocenters. The van der Waals surface area contributed by atoms with Crippen molar-refractivity contribution in [3.8, 4) is 0 Å². The lowest BCUT2D eigenvalue weighted by molar-refractivity contribution is -0.142. The largest absolute Gasteiger partial charge is 0.435 e. The summed E-state index contributed by atoms with van der Waals surface area (Å²) in [4.78, 5) is 0. The molecule has 0 bridgehead atoms. The Morgan fingerprint density at radius 3 is 2.50 bits per heavy atom. The van der Waals surface area contributed by atoms with Crippen molar-refractivity contribution in [3.05, 3.63) is 17.5 Å². The predicted molar refractivity (Wildman–Crippen MR) is 49.7 cm³/mol. The van der Waals surface area contributed by atoms with Gasteiger partial charge in [0.15, 0.2) is 5.69 Å². The molecule has 92 valence electrons. The molecule has 4 nitrogen and oxygen atoms in total. The van der Waals surface area contributed by atoms with Crippen LogP contribution in [0.5, 0.6) is 0 Å². The van der Waals surface area contributed by atoms with Crippen molar-refractivity contribution in [1.29, 1.82) is 0 Å². The second kappa shape index (κ2) is 4.84. The Kier molecular flexibility index (Phi) is 3.93. The van der Waals surface area contributed by atoms with E-state index in [4.69, 9.17) is 10.2 Å². The van der Waals surface area contributed by atoms with Crippen LogP contribution in [0, 0.1) is 0 Å². The first-order valence-electron chi connectivity index (χ1n) is 4.81. The Morgan fingerprint density at radius 1 is 1.50 bits per heavy atom. The summed E-state index contributed by atoms with van der Waals surface area (Å²) < 4.78 is 38.4. The van der Waals surface area contributed by atoms with Crippen LogP contribution in [0.15, 0.2) is 6.20 Å². The molecular weight excluding hydrogens is 225 g/mol. The highest BCUT2D eigenvalue weighted by molar-refractivity contribution is 5.19. The highest BCUT2D eigenvalue weighted by atomic mass is 19.4. The molecule has 1 aromatic rings. The van der Waals surface area contributed by atoms with Crippen molar-refractivity contribution < 1.29 is 23.4 Å². The zero-order chi connectivity index (χ0) is 12.3. The Labute approximate surface area is 90.3 Å². The predicted octanol–water partition coefficient (Wildman–Crippen LogP) is 0.817. The van der Waals surface area contributed by atoms with Gasteiger partial charge in [0, 0.05) is 11.8 Å². The van der Waals surface area contributed by atoms with Gasteiger partial charge in [-0.2, -0.15) is 18.3 Å². The molecule has 16 heavy (non-hydrogen) atoms. The zero-order valence-corrected chi connectivity index (χ0v) is 8.70. The molecule has 0 aliphatic carbocycles. The van der Waals surface area contributed by atoms with Crippen molar-refractivity contribution in [1.82, 2.24) is 9.78 Å². The lowest BCUT2D eigenvalue weighted by Gasteiger charge is -2.06. The second-order valence-electron chi connectivity index (χ2n) is 3.41. The number of halogens is 3. The quantitative estimate of drug-likeness (QED) is 0.816. The Hall–Kier alpha value is -1.08. The fraction of sp³-hybridized carbons (Fsp3) is 0.667. The summed E-state index contributed by atoms with van der Waals surface area (Å²) in [5, 5.41) is 21.0. The summed E-state index contributed by atoms with van der Waals surface area (Å²) in [6, 6.07) is 0. The van der Waals surface area contributed by atoms with Gasteiger partial charge in [0.2, 0.25) is 0 Å². The molecule has 7 heteroatoms. The van der Waals surface area contributed by atoms with E-state index in [9.17, 15) is 13.2 Å². The molecule has 0 spiro atoms. The van der Waals surface area contributed by atoms with Gasteiger partial charge in [0.1, 0.15) is 0 Å². The third-order valence-electron chi connectivity index (χ3n) is 2.10. The van der Waals surface area contributed by atoms with Crippen LogP contribution in [0.25, 0.3) is 0 Å². The van der Waals surface area contributed by atoms with E-state index in [1.807, 2.05) is 0 Å². The van der Waals surface area contributed by atoms with Crippen LogP contribution < -0.4 is 0 Å². The normalized spacial score (nSPS) is 14.1. The van der Waals surface area contributed by atoms with Gasteiger partial charge in [0.05, 0.1) is 19.3 Å². The Bertz CT molecular complexity index is 349. The smallest absolute Gasteiger partial charge is 0.394 e. The molecule has 0 aliphatic rings. The topological polar surface area (TPSA) is 58.3 Å². The van der Waals surface area contributed by atoms with Crippen molar-refractivity contribution in [3.63, 3.8) is 0 Å². The number of aliphatic hydroxyl groups is 2. The van der Waals surface area contributed by atoms with E-state index < -0.39 is 24.6 Å². The third kappa shape index (κ3) is 2.96. The minimum Gasteiger partial charge on any atom is -0.394 e. The number of hydrogen-bond donors (Lipinski definition) is 2. The summed E-state index contributed by atoms with van der Waals surface area (Å²) in [7, 11) is 0. The lowest BCUT2D eigenvalue weighted by atomic mass is 10.2. The maximum Gasteiger partial charge on any atom is 0.435 e. The molecule has 0 saturated carbocycles. The van der Waals surface area contributed by atoms with Crippen molar-refractivity contribution in [2.45, 2.75) is 32.2 Å². The van der Waals surface area contributed by atoms with E-state index in [-0.39, 0.29) is 18.5 Å². The van der Waals surface area contributed by atoms with Crippen LogP contribution in [-0.4, -0.2) is 32.7 Å². The van der Waals surface area contributed by atoms with E-state index in [2.05, 4.69) is 5.10 Å². The van der Waals surface area contributed by atoms with E-state index >= 15 is 0 Å². The standard InChI is InChI=1S/C9H13F3N2O2/c1-2-6-3-14(4-7(16)5-15)13-8(6)9(10,11)12/h3,7,15-16H,2,4-5H2,1H3/t7-/m0/s1. The van der Waals surface area contributed by atoms with Gasteiger partial charge >= 0.3 is 6.18 Å². The van der Waals surface area contributed by atoms with Gasteiger partial charge < -0.3 is 10.2 Å². The number of aromatic nitrogens is 2. The summed E-state index contributed by atoms with van der Waals surface area (Å²) in [6.07, 6.45) is -4.14. The van der Waals surface area contributed by atoms with Crippen LogP contribution in [0.3, 0.4) is 0 Å². The van der Waals surface area contributed by atoms with Gasteiger partial charge in [-0.25, -0.2) is 0 Å². The molecule has 0 saturated heterocycles. The van der Waals surface area contributed by atoms with Crippen LogP contribution in [0.1, 0.15) is 18.2 Å². The summed E-state index contributed by atoms with van der Waals surface area (Å²) in [5.41, 5.74) is -0.849. The van der Waals surface area contributed by atoms with Crippen LogP contribution in [0.2, 0.25) is 0 Å². The molecule has 0 amide bonds. The first-order chi connectivity index (χ1) is 7.38. The number of rotatable bonds is 4. The fourth-order valence-electron chi connectivity index (χ4n) is 1.33. The Morgan fingerprint density at radius 2 is 2.12 bits per heavy atom. The SMILES string of the molecule is CCc1cn(C[C@H](O)CO)nc1C(F)(F)F. The lowest BCUT2D eigenvalue weighted by Crippen LogP contribution is -2.20. The molecule has 1 aromatic heterocycles. The van der Waals surface area contributed by atoms with Crippen molar-refractivity contribution >= 4 is 0 Å². The molecule has 0 radical (unpaired) electrons. The van der Waals surface area contributed by atoms with Gasteiger partial charge in [0.25, 0.3) is 0 Å². The maximum atomic E-state index is 12.5. The van der Waals surface area contributed by atoms with Gasteiger partial charge in [-0.1, -0.05) is 6.92 Å². The number of aliphatic hydroxyl groups excluding tert-OH is 2. The van der Waals surface area contributed by atoms with Crippen molar-refractivity contribution in [2.75, 3.05) is 6.61 Å². The summed E-state index contributed by atoms with van der Waals surface area (Å²) in [6.45, 7) is 0.932. The molecule has 0 unspecified atom stereocenters. The van der Waals surface area contributed by atoms with Gasteiger partial charge in [-0.3, -0.25) is 4.68 Å². The van der Waals surface area contributed by atoms with E-state index in [1.54, 1.807) is 6.92 Å². The monoisotopic (exact) mass is 238 g/mol. The minimum absolute atomic E-state index is 0.0811. The van der Waals surface area contributed by atoms with Gasteiger partial charge in [-0.15, -0.1) is 0 Å². The van der Waals surface area contributed by atoms with E-state index in [0.717, 1.165) is 4.68 Å². The molecule has 0 fully saturated rings. The van der Waals surface area contributed by atoms with Crippen molar-refractivity contribution in [2.24, 2.45) is 0 Å². The highest BCUT2D eigenvalue weighted by Gasteiger charge is 2.36. The van der Waals surface area contributed by atoms with E-state index in [1.165, 1.54) is 6.20 Å². The highest BCUT2D eigenvalue weighted by Crippen LogP contribution is 2.30. The van der Waals surface area contributed by atoms with Gasteiger partial charge in [-0.05, 0) is 6.42 Å². The average Bonchev–Trinajstić information content (AvgIpc) is 2.60. The zero-order valence-electron chi connectivity index (χ0n) is 8.70. The molecule has 1 rings (SSSR count). The molecule has 0 aliphatic heterocycles. The molecule has 0 aromatic carbocycles. The Balaban J connectivity index is 2.94. The minimum atomic E-state index is -4.49. The maximum absolute atomic E-state index is 12.5. The summed E-state index contributed by atoms with van der Waals surface area (Å²) >= 11 is 0. The fourth-order valence-corrected chi connectivity index (χ4v) is 1.33. The molecular formula is C9H13F3N2O2. The first kappa shape index (κ1) is 13.0. The molecule has 1 heterocycles. The second-order valence-corrected chi connectivity index (χ2v) is 3.41.